The maximum Gasteiger partial charge on any atom is 0.416 e. The van der Waals surface area contributed by atoms with Gasteiger partial charge >= 0.3 is 6.18 Å². The number of nitrogens with one attached hydrogen (secondary N) is 1. The van der Waals surface area contributed by atoms with E-state index in [0.717, 1.165) is 47.9 Å². The number of nitrogens with zero attached hydrogens (tertiary/aromatic N) is 6. The highest BCUT2D eigenvalue weighted by Gasteiger charge is 2.31. The molecule has 3 heterocycles. The normalized spacial score (nSPS) is 18.0. The summed E-state index contributed by atoms with van der Waals surface area (Å²) in [6.45, 7) is 6.78. The lowest BCUT2D eigenvalue weighted by Crippen LogP contribution is -2.52. The van der Waals surface area contributed by atoms with Gasteiger partial charge in [-0.05, 0) is 31.5 Å². The number of aryl methyl sites for hydroxylation is 2. The molecular formula is C20H25F3N8. The molecule has 0 bridgehead atoms. The van der Waals surface area contributed by atoms with E-state index in [-0.39, 0.29) is 6.04 Å². The Hall–Kier alpha value is -2.92. The van der Waals surface area contributed by atoms with Gasteiger partial charge in [-0.3, -0.25) is 10.3 Å². The molecule has 3 N–H and O–H groups in total. The molecule has 3 aromatic rings. The minimum atomic E-state index is -4.32. The van der Waals surface area contributed by atoms with Crippen molar-refractivity contribution < 1.29 is 13.2 Å². The van der Waals surface area contributed by atoms with Crippen LogP contribution < -0.4 is 16.2 Å². The number of aromatic nitrogens is 4. The lowest BCUT2D eigenvalue weighted by molar-refractivity contribution is -0.137. The maximum absolute atomic E-state index is 12.8. The first-order valence-corrected chi connectivity index (χ1v) is 10.00. The topological polar surface area (TPSA) is 88.1 Å². The molecule has 0 radical (unpaired) electrons. The van der Waals surface area contributed by atoms with E-state index in [0.29, 0.717) is 24.7 Å². The van der Waals surface area contributed by atoms with Crippen LogP contribution in [-0.4, -0.2) is 50.1 Å². The summed E-state index contributed by atoms with van der Waals surface area (Å²) in [7, 11) is 1.90. The van der Waals surface area contributed by atoms with Crippen molar-refractivity contribution in [2.45, 2.75) is 32.6 Å². The highest BCUT2D eigenvalue weighted by atomic mass is 19.4. The molecule has 0 aliphatic carbocycles. The van der Waals surface area contributed by atoms with Gasteiger partial charge in [0, 0.05) is 39.3 Å². The van der Waals surface area contributed by atoms with Gasteiger partial charge in [0.15, 0.2) is 17.0 Å². The van der Waals surface area contributed by atoms with Crippen LogP contribution in [0.25, 0.3) is 11.2 Å². The van der Waals surface area contributed by atoms with Gasteiger partial charge in [-0.25, -0.2) is 10.8 Å². The van der Waals surface area contributed by atoms with Crippen molar-refractivity contribution in [3.8, 4) is 0 Å². The molecule has 11 heteroatoms. The summed E-state index contributed by atoms with van der Waals surface area (Å²) >= 11 is 0. The van der Waals surface area contributed by atoms with Crippen LogP contribution in [0.5, 0.6) is 0 Å². The molecule has 166 valence electrons. The van der Waals surface area contributed by atoms with E-state index in [4.69, 9.17) is 5.84 Å². The lowest BCUT2D eigenvalue weighted by atomic mass is 10.1. The Kier molecular flexibility index (Phi) is 5.48. The molecule has 4 rings (SSSR count). The van der Waals surface area contributed by atoms with E-state index < -0.39 is 11.7 Å². The number of imidazole rings is 1. The zero-order chi connectivity index (χ0) is 22.3. The van der Waals surface area contributed by atoms with Crippen LogP contribution >= 0.6 is 0 Å². The van der Waals surface area contributed by atoms with Crippen LogP contribution in [0.4, 0.5) is 24.9 Å². The third-order valence-electron chi connectivity index (χ3n) is 5.72. The third-order valence-corrected chi connectivity index (χ3v) is 5.72. The molecule has 1 atom stereocenters. The molecule has 31 heavy (non-hydrogen) atoms. The molecule has 1 aromatic carbocycles. The predicted octanol–water partition coefficient (Wildman–Crippen LogP) is 2.69. The summed E-state index contributed by atoms with van der Waals surface area (Å²) in [4.78, 5) is 18.0. The van der Waals surface area contributed by atoms with E-state index in [9.17, 15) is 13.2 Å². The smallest absolute Gasteiger partial charge is 0.349 e. The van der Waals surface area contributed by atoms with E-state index in [1.54, 1.807) is 12.1 Å². The number of alkyl halides is 3. The number of nitrogens with two attached hydrogens (primary N) is 1. The van der Waals surface area contributed by atoms with E-state index in [1.165, 1.54) is 0 Å². The molecule has 1 aliphatic heterocycles. The Morgan fingerprint density at radius 3 is 2.45 bits per heavy atom. The number of hydrogen-bond acceptors (Lipinski definition) is 7. The number of nitrogen functional groups attached to an aromatic ring is 1. The molecule has 0 saturated carbocycles. The number of piperazine rings is 1. The molecule has 2 aromatic heterocycles. The second kappa shape index (κ2) is 7.97. The minimum absolute atomic E-state index is 0.120. The summed E-state index contributed by atoms with van der Waals surface area (Å²) in [5.74, 6) is 7.45. The first kappa shape index (κ1) is 21.3. The monoisotopic (exact) mass is 434 g/mol. The fourth-order valence-corrected chi connectivity index (χ4v) is 3.97. The standard InChI is InChI=1S/C20H25F3N8/c1-12-10-30(11-14-4-6-15(7-5-14)20(21,22)23)8-9-31(12)18-16-17(26-19(27-18)28-24)29(3)13(2)25-16/h4-7,12H,8-11,24H2,1-3H3,(H,26,27,28). The average molecular weight is 434 g/mol. The Morgan fingerprint density at radius 1 is 1.13 bits per heavy atom. The summed E-state index contributed by atoms with van der Waals surface area (Å²) in [5, 5.41) is 0. The summed E-state index contributed by atoms with van der Waals surface area (Å²) < 4.78 is 40.2. The Bertz CT molecular complexity index is 1080. The second-order valence-electron chi connectivity index (χ2n) is 7.88. The SMILES string of the molecule is Cc1nc2c(N3CCN(Cc4ccc(C(F)(F)F)cc4)CC3C)nc(NN)nc2n1C. The zero-order valence-electron chi connectivity index (χ0n) is 17.6. The molecule has 1 fully saturated rings. The van der Waals surface area contributed by atoms with Crippen LogP contribution in [0.3, 0.4) is 0 Å². The van der Waals surface area contributed by atoms with Gasteiger partial charge in [0.05, 0.1) is 5.56 Å². The van der Waals surface area contributed by atoms with Gasteiger partial charge in [-0.2, -0.15) is 23.1 Å². The van der Waals surface area contributed by atoms with Crippen molar-refractivity contribution in [3.05, 3.63) is 41.2 Å². The van der Waals surface area contributed by atoms with Crippen molar-refractivity contribution in [1.29, 1.82) is 0 Å². The van der Waals surface area contributed by atoms with E-state index in [1.807, 2.05) is 18.5 Å². The Morgan fingerprint density at radius 2 is 1.84 bits per heavy atom. The molecular weight excluding hydrogens is 409 g/mol. The molecule has 0 spiro atoms. The Labute approximate surface area is 177 Å². The van der Waals surface area contributed by atoms with E-state index >= 15 is 0 Å². The van der Waals surface area contributed by atoms with Crippen LogP contribution in [0.1, 0.15) is 23.9 Å². The van der Waals surface area contributed by atoms with Crippen molar-refractivity contribution in [1.82, 2.24) is 24.4 Å². The first-order chi connectivity index (χ1) is 14.7. The largest absolute Gasteiger partial charge is 0.416 e. The number of halogens is 3. The van der Waals surface area contributed by atoms with E-state index in [2.05, 4.69) is 37.1 Å². The van der Waals surface area contributed by atoms with Gasteiger partial charge in [-0.15, -0.1) is 0 Å². The summed E-state index contributed by atoms with van der Waals surface area (Å²) in [5.41, 5.74) is 4.18. The maximum atomic E-state index is 12.8. The predicted molar refractivity (Wildman–Crippen MR) is 112 cm³/mol. The van der Waals surface area contributed by atoms with Crippen LogP contribution in [0.15, 0.2) is 24.3 Å². The van der Waals surface area contributed by atoms with Crippen molar-refractivity contribution in [3.63, 3.8) is 0 Å². The third kappa shape index (κ3) is 4.15. The molecule has 0 amide bonds. The van der Waals surface area contributed by atoms with Gasteiger partial charge in [0.2, 0.25) is 5.95 Å². The summed E-state index contributed by atoms with van der Waals surface area (Å²) in [6, 6.07) is 5.48. The fraction of sp³-hybridized carbons (Fsp3) is 0.450. The van der Waals surface area contributed by atoms with Gasteiger partial charge in [-0.1, -0.05) is 12.1 Å². The van der Waals surface area contributed by atoms with Crippen LogP contribution in [0.2, 0.25) is 0 Å². The molecule has 8 nitrogen and oxygen atoms in total. The second-order valence-corrected chi connectivity index (χ2v) is 7.88. The van der Waals surface area contributed by atoms with Crippen molar-refractivity contribution >= 4 is 22.9 Å². The van der Waals surface area contributed by atoms with Crippen molar-refractivity contribution in [2.24, 2.45) is 12.9 Å². The number of anilines is 2. The van der Waals surface area contributed by atoms with Crippen LogP contribution in [-0.2, 0) is 19.8 Å². The number of hydrogen-bond donors (Lipinski definition) is 2. The van der Waals surface area contributed by atoms with Gasteiger partial charge in [0.1, 0.15) is 5.82 Å². The van der Waals surface area contributed by atoms with Crippen molar-refractivity contribution in [2.75, 3.05) is 30.0 Å². The Balaban J connectivity index is 1.52. The summed E-state index contributed by atoms with van der Waals surface area (Å²) in [6.07, 6.45) is -4.32. The molecule has 1 unspecified atom stereocenters. The fourth-order valence-electron chi connectivity index (χ4n) is 3.97. The number of fused-ring (bicyclic) bond motifs is 1. The highest BCUT2D eigenvalue weighted by Crippen LogP contribution is 2.30. The minimum Gasteiger partial charge on any atom is -0.349 e. The molecule has 1 saturated heterocycles. The van der Waals surface area contributed by atoms with Gasteiger partial charge in [0.25, 0.3) is 0 Å². The quantitative estimate of drug-likeness (QED) is 0.482. The average Bonchev–Trinajstić information content (AvgIpc) is 3.01. The zero-order valence-corrected chi connectivity index (χ0v) is 17.6. The van der Waals surface area contributed by atoms with Gasteiger partial charge < -0.3 is 9.47 Å². The first-order valence-electron chi connectivity index (χ1n) is 10.00. The lowest BCUT2D eigenvalue weighted by Gasteiger charge is -2.40. The molecule has 1 aliphatic rings. The highest BCUT2D eigenvalue weighted by molar-refractivity contribution is 5.85. The van der Waals surface area contributed by atoms with Crippen LogP contribution in [0, 0.1) is 6.92 Å². The number of rotatable bonds is 4. The number of benzene rings is 1. The number of hydrazine groups is 1.